The molecule has 0 aliphatic heterocycles. The first kappa shape index (κ1) is 11.8. The Morgan fingerprint density at radius 1 is 1.32 bits per heavy atom. The van der Waals surface area contributed by atoms with Gasteiger partial charge in [0, 0.05) is 32.4 Å². The Kier molecular flexibility index (Phi) is 2.74. The van der Waals surface area contributed by atoms with Gasteiger partial charge in [0.05, 0.1) is 11.0 Å². The maximum Gasteiger partial charge on any atom is 0.201 e. The minimum atomic E-state index is 0.568. The monoisotopic (exact) mass is 255 g/mol. The largest absolute Gasteiger partial charge is 0.369 e. The summed E-state index contributed by atoms with van der Waals surface area (Å²) >= 11 is 0. The number of anilines is 1. The van der Waals surface area contributed by atoms with Crippen LogP contribution in [0.5, 0.6) is 0 Å². The van der Waals surface area contributed by atoms with Crippen LogP contribution >= 0.6 is 0 Å². The number of imidazole rings is 2. The second kappa shape index (κ2) is 4.42. The number of nitrogens with two attached hydrogens (primary N) is 1. The fraction of sp³-hybridized carbons (Fsp3) is 0.286. The van der Waals surface area contributed by atoms with E-state index in [-0.39, 0.29) is 0 Å². The summed E-state index contributed by atoms with van der Waals surface area (Å²) in [6.07, 6.45) is 4.61. The number of nitrogen functional groups attached to an aromatic ring is 1. The molecule has 3 aromatic rings. The highest BCUT2D eigenvalue weighted by Gasteiger charge is 2.10. The summed E-state index contributed by atoms with van der Waals surface area (Å²) in [6.45, 7) is 2.84. The average molecular weight is 255 g/mol. The predicted molar refractivity (Wildman–Crippen MR) is 75.8 cm³/mol. The lowest BCUT2D eigenvalue weighted by atomic mass is 10.2. The molecule has 0 spiro atoms. The van der Waals surface area contributed by atoms with E-state index >= 15 is 0 Å². The molecule has 2 heterocycles. The van der Waals surface area contributed by atoms with Gasteiger partial charge in [0.15, 0.2) is 0 Å². The Balaban J connectivity index is 1.95. The Morgan fingerprint density at radius 3 is 2.89 bits per heavy atom. The molecule has 19 heavy (non-hydrogen) atoms. The number of aromatic nitrogens is 4. The summed E-state index contributed by atoms with van der Waals surface area (Å²) in [5, 5.41) is 0. The van der Waals surface area contributed by atoms with Crippen LogP contribution in [0.4, 0.5) is 5.95 Å². The van der Waals surface area contributed by atoms with E-state index in [0.29, 0.717) is 5.95 Å². The zero-order valence-corrected chi connectivity index (χ0v) is 11.2. The van der Waals surface area contributed by atoms with Crippen LogP contribution in [-0.4, -0.2) is 19.1 Å². The molecule has 2 aromatic heterocycles. The number of nitrogens with zero attached hydrogens (tertiary/aromatic N) is 4. The Bertz CT molecular complexity index is 723. The summed E-state index contributed by atoms with van der Waals surface area (Å²) in [4.78, 5) is 8.78. The van der Waals surface area contributed by atoms with E-state index in [1.165, 1.54) is 0 Å². The molecular weight excluding hydrogens is 238 g/mol. The third-order valence-corrected chi connectivity index (χ3v) is 3.49. The topological polar surface area (TPSA) is 61.7 Å². The molecule has 0 aliphatic carbocycles. The lowest BCUT2D eigenvalue weighted by Crippen LogP contribution is -2.08. The van der Waals surface area contributed by atoms with E-state index in [2.05, 4.69) is 33.6 Å². The first-order valence-corrected chi connectivity index (χ1v) is 6.34. The molecule has 0 saturated heterocycles. The lowest BCUT2D eigenvalue weighted by molar-refractivity contribution is 0.670. The van der Waals surface area contributed by atoms with Gasteiger partial charge >= 0.3 is 0 Å². The number of aryl methyl sites for hydroxylation is 4. The summed E-state index contributed by atoms with van der Waals surface area (Å²) in [6, 6.07) is 6.15. The Hall–Kier alpha value is -2.30. The third-order valence-electron chi connectivity index (χ3n) is 3.49. The number of hydrogen-bond acceptors (Lipinski definition) is 3. The van der Waals surface area contributed by atoms with Crippen LogP contribution < -0.4 is 5.73 Å². The van der Waals surface area contributed by atoms with Crippen molar-refractivity contribution in [1.82, 2.24) is 19.1 Å². The van der Waals surface area contributed by atoms with Crippen molar-refractivity contribution in [3.63, 3.8) is 0 Å². The van der Waals surface area contributed by atoms with E-state index < -0.39 is 0 Å². The van der Waals surface area contributed by atoms with Gasteiger partial charge in [-0.05, 0) is 18.6 Å². The van der Waals surface area contributed by atoms with Crippen LogP contribution in [0.15, 0.2) is 30.6 Å². The number of hydrogen-bond donors (Lipinski definition) is 1. The smallest absolute Gasteiger partial charge is 0.201 e. The van der Waals surface area contributed by atoms with Crippen LogP contribution in [0.25, 0.3) is 11.0 Å². The highest BCUT2D eigenvalue weighted by Crippen LogP contribution is 2.21. The fourth-order valence-corrected chi connectivity index (χ4v) is 2.39. The molecule has 0 radical (unpaired) electrons. The van der Waals surface area contributed by atoms with Crippen LogP contribution in [0, 0.1) is 6.92 Å². The van der Waals surface area contributed by atoms with Crippen molar-refractivity contribution in [2.24, 2.45) is 7.05 Å². The van der Waals surface area contributed by atoms with E-state index in [4.69, 9.17) is 5.73 Å². The number of rotatable bonds is 3. The van der Waals surface area contributed by atoms with E-state index in [1.54, 1.807) is 0 Å². The van der Waals surface area contributed by atoms with Gasteiger partial charge in [-0.15, -0.1) is 0 Å². The first-order chi connectivity index (χ1) is 9.16. The lowest BCUT2D eigenvalue weighted by Gasteiger charge is -2.06. The van der Waals surface area contributed by atoms with Crippen LogP contribution in [0.1, 0.15) is 11.4 Å². The minimum Gasteiger partial charge on any atom is -0.369 e. The molecule has 0 bridgehead atoms. The summed E-state index contributed by atoms with van der Waals surface area (Å²) in [5.74, 6) is 1.62. The molecule has 1 aromatic carbocycles. The molecule has 0 unspecified atom stereocenters. The number of para-hydroxylation sites is 1. The molecule has 0 aliphatic rings. The van der Waals surface area contributed by atoms with Crippen molar-refractivity contribution >= 4 is 17.0 Å². The summed E-state index contributed by atoms with van der Waals surface area (Å²) < 4.78 is 4.08. The van der Waals surface area contributed by atoms with Gasteiger partial charge in [-0.2, -0.15) is 0 Å². The van der Waals surface area contributed by atoms with Gasteiger partial charge in [0.2, 0.25) is 5.95 Å². The standard InChI is InChI=1S/C14H17N5/c1-10-4-3-5-11-13(10)17-14(15)19(11)8-6-12-16-7-9-18(12)2/h3-5,7,9H,6,8H2,1-2H3,(H2,15,17). The number of fused-ring (bicyclic) bond motifs is 1. The zero-order chi connectivity index (χ0) is 13.4. The maximum atomic E-state index is 6.02. The number of benzene rings is 1. The SMILES string of the molecule is Cc1cccc2c1nc(N)n2CCc1nccn1C. The zero-order valence-electron chi connectivity index (χ0n) is 11.2. The summed E-state index contributed by atoms with van der Waals surface area (Å²) in [7, 11) is 2.00. The average Bonchev–Trinajstić information content (AvgIpc) is 2.92. The molecule has 0 atom stereocenters. The van der Waals surface area contributed by atoms with Gasteiger partial charge in [0.25, 0.3) is 0 Å². The van der Waals surface area contributed by atoms with E-state index in [0.717, 1.165) is 35.4 Å². The van der Waals surface area contributed by atoms with Crippen molar-refractivity contribution in [3.05, 3.63) is 42.0 Å². The van der Waals surface area contributed by atoms with Crippen LogP contribution in [-0.2, 0) is 20.0 Å². The molecule has 0 saturated carbocycles. The third kappa shape index (κ3) is 1.97. The molecular formula is C14H17N5. The van der Waals surface area contributed by atoms with Gasteiger partial charge in [0.1, 0.15) is 5.82 Å². The second-order valence-corrected chi connectivity index (χ2v) is 4.77. The van der Waals surface area contributed by atoms with E-state index in [1.807, 2.05) is 30.1 Å². The van der Waals surface area contributed by atoms with Crippen LogP contribution in [0.2, 0.25) is 0 Å². The summed E-state index contributed by atoms with van der Waals surface area (Å²) in [5.41, 5.74) is 9.25. The van der Waals surface area contributed by atoms with Gasteiger partial charge in [-0.25, -0.2) is 9.97 Å². The van der Waals surface area contributed by atoms with Crippen molar-refractivity contribution in [2.75, 3.05) is 5.73 Å². The second-order valence-electron chi connectivity index (χ2n) is 4.77. The molecule has 5 nitrogen and oxygen atoms in total. The maximum absolute atomic E-state index is 6.02. The van der Waals surface area contributed by atoms with Crippen molar-refractivity contribution < 1.29 is 0 Å². The highest BCUT2D eigenvalue weighted by molar-refractivity contribution is 5.81. The first-order valence-electron chi connectivity index (χ1n) is 6.34. The van der Waals surface area contributed by atoms with Gasteiger partial charge in [-0.3, -0.25) is 0 Å². The molecule has 0 amide bonds. The molecule has 0 fully saturated rings. The molecule has 3 rings (SSSR count). The van der Waals surface area contributed by atoms with E-state index in [9.17, 15) is 0 Å². The fourth-order valence-electron chi connectivity index (χ4n) is 2.39. The van der Waals surface area contributed by atoms with Crippen molar-refractivity contribution in [1.29, 1.82) is 0 Å². The van der Waals surface area contributed by atoms with Gasteiger partial charge < -0.3 is 14.9 Å². The Morgan fingerprint density at radius 2 is 2.16 bits per heavy atom. The van der Waals surface area contributed by atoms with Crippen LogP contribution in [0.3, 0.4) is 0 Å². The van der Waals surface area contributed by atoms with Crippen molar-refractivity contribution in [3.8, 4) is 0 Å². The Labute approximate surface area is 111 Å². The molecule has 98 valence electrons. The van der Waals surface area contributed by atoms with Gasteiger partial charge in [-0.1, -0.05) is 12.1 Å². The normalized spacial score (nSPS) is 11.3. The quantitative estimate of drug-likeness (QED) is 0.777. The molecule has 5 heteroatoms. The minimum absolute atomic E-state index is 0.568. The molecule has 2 N–H and O–H groups in total. The highest BCUT2D eigenvalue weighted by atomic mass is 15.2. The predicted octanol–water partition coefficient (Wildman–Crippen LogP) is 1.90. The van der Waals surface area contributed by atoms with Crippen molar-refractivity contribution in [2.45, 2.75) is 19.9 Å².